The molecule has 1 saturated heterocycles. The van der Waals surface area contributed by atoms with Gasteiger partial charge in [0.25, 0.3) is 5.91 Å². The van der Waals surface area contributed by atoms with E-state index < -0.39 is 5.60 Å². The second-order valence-electron chi connectivity index (χ2n) is 10.7. The molecule has 0 aliphatic carbocycles. The highest BCUT2D eigenvalue weighted by Gasteiger charge is 2.39. The van der Waals surface area contributed by atoms with Gasteiger partial charge in [-0.15, -0.1) is 0 Å². The summed E-state index contributed by atoms with van der Waals surface area (Å²) in [4.78, 5) is 35.8. The number of nitrogens with one attached hydrogen (secondary N) is 1. The van der Waals surface area contributed by atoms with E-state index in [9.17, 15) is 14.4 Å². The van der Waals surface area contributed by atoms with Crippen LogP contribution in [0.3, 0.4) is 0 Å². The van der Waals surface area contributed by atoms with Crippen LogP contribution in [0.25, 0.3) is 0 Å². The zero-order valence-corrected chi connectivity index (χ0v) is 23.9. The van der Waals surface area contributed by atoms with Crippen LogP contribution in [0.2, 0.25) is 0 Å². The van der Waals surface area contributed by atoms with Crippen LogP contribution in [0.1, 0.15) is 90.4 Å². The predicted molar refractivity (Wildman–Crippen MR) is 149 cm³/mol. The molecule has 2 rings (SSSR count). The quantitative estimate of drug-likeness (QED) is 0.267. The van der Waals surface area contributed by atoms with Gasteiger partial charge in [0, 0.05) is 25.5 Å². The topological polar surface area (TPSA) is 90.9 Å². The molecule has 1 N–H and O–H groups in total. The zero-order valence-electron chi connectivity index (χ0n) is 23.9. The van der Waals surface area contributed by atoms with Crippen molar-refractivity contribution < 1.29 is 28.6 Å². The van der Waals surface area contributed by atoms with Crippen molar-refractivity contribution in [1.82, 2.24) is 5.32 Å². The van der Waals surface area contributed by atoms with Crippen molar-refractivity contribution in [1.29, 1.82) is 0 Å². The second-order valence-corrected chi connectivity index (χ2v) is 10.7. The molecule has 7 nitrogen and oxygen atoms in total. The number of benzene rings is 1. The lowest BCUT2D eigenvalue weighted by molar-refractivity contribution is -0.167. The van der Waals surface area contributed by atoms with Gasteiger partial charge < -0.3 is 19.5 Å². The van der Waals surface area contributed by atoms with E-state index in [-0.39, 0.29) is 42.5 Å². The minimum absolute atomic E-state index is 0.000503. The number of hydrogen-bond acceptors (Lipinski definition) is 6. The maximum atomic E-state index is 12.9. The van der Waals surface area contributed by atoms with Crippen molar-refractivity contribution in [3.05, 3.63) is 59.2 Å². The van der Waals surface area contributed by atoms with Crippen LogP contribution < -0.4 is 5.32 Å². The van der Waals surface area contributed by atoms with Gasteiger partial charge in [-0.05, 0) is 82.6 Å². The van der Waals surface area contributed by atoms with Gasteiger partial charge >= 0.3 is 11.9 Å². The van der Waals surface area contributed by atoms with E-state index in [4.69, 9.17) is 14.2 Å². The van der Waals surface area contributed by atoms with Crippen LogP contribution in [-0.2, 0) is 23.8 Å². The van der Waals surface area contributed by atoms with Crippen LogP contribution in [0.15, 0.2) is 53.6 Å². The highest BCUT2D eigenvalue weighted by Crippen LogP contribution is 2.34. The van der Waals surface area contributed by atoms with Gasteiger partial charge in [0.15, 0.2) is 0 Å². The fraction of sp³-hybridized carbons (Fsp3) is 0.581. The highest BCUT2D eigenvalue weighted by molar-refractivity contribution is 5.94. The van der Waals surface area contributed by atoms with Crippen molar-refractivity contribution in [2.24, 2.45) is 5.92 Å². The van der Waals surface area contributed by atoms with Crippen molar-refractivity contribution in [2.45, 2.75) is 97.8 Å². The lowest BCUT2D eigenvalue weighted by Gasteiger charge is -2.36. The average Bonchev–Trinajstić information content (AvgIpc) is 3.00. The Bertz CT molecular complexity index is 981. The van der Waals surface area contributed by atoms with E-state index in [0.717, 1.165) is 24.8 Å². The first-order chi connectivity index (χ1) is 18.0. The summed E-state index contributed by atoms with van der Waals surface area (Å²) < 4.78 is 17.1. The smallest absolute Gasteiger partial charge is 0.303 e. The van der Waals surface area contributed by atoms with E-state index in [1.54, 1.807) is 0 Å². The lowest BCUT2D eigenvalue weighted by Crippen LogP contribution is -2.44. The molecule has 38 heavy (non-hydrogen) atoms. The molecule has 0 saturated carbocycles. The molecule has 0 aromatic heterocycles. The Balaban J connectivity index is 2.05. The van der Waals surface area contributed by atoms with Crippen LogP contribution in [0.4, 0.5) is 0 Å². The molecule has 1 aliphatic heterocycles. The minimum atomic E-state index is -0.634. The number of esters is 2. The summed E-state index contributed by atoms with van der Waals surface area (Å²) in [5.74, 6) is -0.474. The second kappa shape index (κ2) is 15.5. The van der Waals surface area contributed by atoms with Crippen molar-refractivity contribution >= 4 is 17.8 Å². The van der Waals surface area contributed by atoms with Crippen molar-refractivity contribution in [2.75, 3.05) is 13.2 Å². The molecule has 1 heterocycles. The van der Waals surface area contributed by atoms with Gasteiger partial charge in [-0.25, -0.2) is 0 Å². The lowest BCUT2D eigenvalue weighted by atomic mass is 9.86. The standard InChI is InChI=1S/C31H45NO6/c1-22(2)14-16-28(32-30(35)27-12-8-7-9-13-27)23(3)11-10-19-31(6)29(38-25(5)34)17-15-26(21-37-31)18-20-36-24(4)33/h7-9,12-14,18,23,28-29H,10-11,15-17,19-21H2,1-6H3,(H,32,35)/t23?,28?,29-,31+/m1/s1. The summed E-state index contributed by atoms with van der Waals surface area (Å²) in [6.07, 6.45) is 8.26. The Morgan fingerprint density at radius 2 is 1.84 bits per heavy atom. The van der Waals surface area contributed by atoms with Crippen molar-refractivity contribution in [3.8, 4) is 0 Å². The molecule has 2 unspecified atom stereocenters. The molecule has 1 aromatic carbocycles. The molecule has 210 valence electrons. The van der Waals surface area contributed by atoms with Gasteiger partial charge in [0.05, 0.1) is 6.61 Å². The molecule has 1 amide bonds. The fourth-order valence-corrected chi connectivity index (χ4v) is 4.71. The molecular weight excluding hydrogens is 482 g/mol. The summed E-state index contributed by atoms with van der Waals surface area (Å²) in [7, 11) is 0. The van der Waals surface area contributed by atoms with Crippen molar-refractivity contribution in [3.63, 3.8) is 0 Å². The van der Waals surface area contributed by atoms with E-state index in [2.05, 4.69) is 32.2 Å². The summed E-state index contributed by atoms with van der Waals surface area (Å²) >= 11 is 0. The Hall–Kier alpha value is -2.93. The first-order valence-electron chi connectivity index (χ1n) is 13.6. The number of rotatable bonds is 12. The van der Waals surface area contributed by atoms with E-state index in [1.807, 2.05) is 43.3 Å². The van der Waals surface area contributed by atoms with E-state index in [1.165, 1.54) is 19.4 Å². The first kappa shape index (κ1) is 31.3. The number of carbonyl (C=O) groups excluding carboxylic acids is 3. The Labute approximate surface area is 228 Å². The SMILES string of the molecule is CC(=O)OCC=C1CC[C@@H](OC(C)=O)[C@](C)(CCCC(C)C(CC=C(C)C)NC(=O)c2ccccc2)OC1. The van der Waals surface area contributed by atoms with Crippen LogP contribution in [-0.4, -0.2) is 48.8 Å². The van der Waals surface area contributed by atoms with E-state index >= 15 is 0 Å². The summed E-state index contributed by atoms with van der Waals surface area (Å²) in [6.45, 7) is 11.7. The monoisotopic (exact) mass is 527 g/mol. The largest absolute Gasteiger partial charge is 0.462 e. The molecule has 0 bridgehead atoms. The van der Waals surface area contributed by atoms with Gasteiger partial charge in [-0.3, -0.25) is 14.4 Å². The number of ether oxygens (including phenoxy) is 3. The normalized spacial score (nSPS) is 22.1. The highest BCUT2D eigenvalue weighted by atomic mass is 16.6. The van der Waals surface area contributed by atoms with Gasteiger partial charge in [-0.2, -0.15) is 0 Å². The molecule has 1 fully saturated rings. The van der Waals surface area contributed by atoms with Crippen LogP contribution in [0, 0.1) is 5.92 Å². The molecule has 1 aliphatic rings. The predicted octanol–water partition coefficient (Wildman–Crippen LogP) is 5.94. The first-order valence-corrected chi connectivity index (χ1v) is 13.6. The Morgan fingerprint density at radius 3 is 2.47 bits per heavy atom. The number of allylic oxidation sites excluding steroid dienone is 1. The third-order valence-electron chi connectivity index (χ3n) is 7.11. The number of hydrogen-bond donors (Lipinski definition) is 1. The molecule has 1 aromatic rings. The Kier molecular flexibility index (Phi) is 12.7. The number of carbonyl (C=O) groups is 3. The summed E-state index contributed by atoms with van der Waals surface area (Å²) in [5.41, 5.74) is 2.27. The third-order valence-corrected chi connectivity index (χ3v) is 7.11. The molecule has 7 heteroatoms. The van der Waals surface area contributed by atoms with Crippen LogP contribution in [0.5, 0.6) is 0 Å². The minimum Gasteiger partial charge on any atom is -0.462 e. The van der Waals surface area contributed by atoms with Crippen LogP contribution >= 0.6 is 0 Å². The third kappa shape index (κ3) is 10.8. The van der Waals surface area contributed by atoms with Gasteiger partial charge in [0.1, 0.15) is 18.3 Å². The molecule has 0 spiro atoms. The van der Waals surface area contributed by atoms with Gasteiger partial charge in [0.2, 0.25) is 0 Å². The molecule has 0 radical (unpaired) electrons. The van der Waals surface area contributed by atoms with Gasteiger partial charge in [-0.1, -0.05) is 43.2 Å². The maximum Gasteiger partial charge on any atom is 0.303 e. The zero-order chi connectivity index (χ0) is 28.1. The maximum absolute atomic E-state index is 12.9. The number of amides is 1. The summed E-state index contributed by atoms with van der Waals surface area (Å²) in [5, 5.41) is 3.24. The molecular formula is C31H45NO6. The molecule has 4 atom stereocenters. The summed E-state index contributed by atoms with van der Waals surface area (Å²) in [6, 6.07) is 9.29. The fourth-order valence-electron chi connectivity index (χ4n) is 4.71. The Morgan fingerprint density at radius 1 is 1.13 bits per heavy atom. The van der Waals surface area contributed by atoms with E-state index in [0.29, 0.717) is 31.4 Å². The average molecular weight is 528 g/mol.